The highest BCUT2D eigenvalue weighted by molar-refractivity contribution is 6.32. The normalized spacial score (nSPS) is 10.9. The molecule has 0 atom stereocenters. The fraction of sp³-hybridized carbons (Fsp3) is 0.0625. The smallest absolute Gasteiger partial charge is 0.248 e. The van der Waals surface area contributed by atoms with Crippen molar-refractivity contribution in [2.45, 2.75) is 6.92 Å². The van der Waals surface area contributed by atoms with Crippen molar-refractivity contribution in [3.63, 3.8) is 0 Å². The summed E-state index contributed by atoms with van der Waals surface area (Å²) in [6.45, 7) is 1.68. The summed E-state index contributed by atoms with van der Waals surface area (Å²) >= 11 is 5.85. The summed E-state index contributed by atoms with van der Waals surface area (Å²) in [5, 5.41) is 2.81. The van der Waals surface area contributed by atoms with Gasteiger partial charge in [0.2, 0.25) is 5.91 Å². The first kappa shape index (κ1) is 15.2. The summed E-state index contributed by atoms with van der Waals surface area (Å²) in [4.78, 5) is 11.8. The Morgan fingerprint density at radius 1 is 1.24 bits per heavy atom. The molecule has 0 aliphatic heterocycles. The van der Waals surface area contributed by atoms with Crippen LogP contribution in [0.5, 0.6) is 0 Å². The van der Waals surface area contributed by atoms with Crippen LogP contribution in [0.4, 0.5) is 14.5 Å². The van der Waals surface area contributed by atoms with Gasteiger partial charge in [0.25, 0.3) is 0 Å². The Bertz CT molecular complexity index is 693. The molecule has 5 heteroatoms. The maximum atomic E-state index is 13.5. The molecule has 2 aromatic rings. The van der Waals surface area contributed by atoms with Gasteiger partial charge in [-0.15, -0.1) is 0 Å². The van der Waals surface area contributed by atoms with Crippen LogP contribution in [0, 0.1) is 18.6 Å². The van der Waals surface area contributed by atoms with Crippen LogP contribution in [-0.2, 0) is 4.79 Å². The van der Waals surface area contributed by atoms with E-state index in [0.717, 1.165) is 0 Å². The predicted molar refractivity (Wildman–Crippen MR) is 80.2 cm³/mol. The van der Waals surface area contributed by atoms with Crippen molar-refractivity contribution in [1.82, 2.24) is 0 Å². The lowest BCUT2D eigenvalue weighted by atomic mass is 10.2. The van der Waals surface area contributed by atoms with Crippen LogP contribution in [0.2, 0.25) is 5.02 Å². The van der Waals surface area contributed by atoms with Crippen molar-refractivity contribution in [3.05, 3.63) is 70.3 Å². The second-order valence-electron chi connectivity index (χ2n) is 4.42. The van der Waals surface area contributed by atoms with E-state index in [2.05, 4.69) is 5.32 Å². The third-order valence-electron chi connectivity index (χ3n) is 2.85. The van der Waals surface area contributed by atoms with Gasteiger partial charge in [-0.2, -0.15) is 0 Å². The number of amides is 1. The average molecular weight is 308 g/mol. The molecule has 0 aromatic heterocycles. The second kappa shape index (κ2) is 6.50. The van der Waals surface area contributed by atoms with E-state index in [9.17, 15) is 13.6 Å². The minimum Gasteiger partial charge on any atom is -0.322 e. The molecule has 0 heterocycles. The van der Waals surface area contributed by atoms with E-state index < -0.39 is 11.7 Å². The van der Waals surface area contributed by atoms with Crippen LogP contribution in [0.1, 0.15) is 11.1 Å². The molecule has 21 heavy (non-hydrogen) atoms. The van der Waals surface area contributed by atoms with Gasteiger partial charge in [-0.05, 0) is 48.9 Å². The number of carbonyl (C=O) groups is 1. The van der Waals surface area contributed by atoms with Gasteiger partial charge in [0.1, 0.15) is 11.6 Å². The minimum absolute atomic E-state index is 0.144. The third kappa shape index (κ3) is 3.89. The lowest BCUT2D eigenvalue weighted by Gasteiger charge is -2.06. The van der Waals surface area contributed by atoms with Gasteiger partial charge in [0.15, 0.2) is 0 Å². The van der Waals surface area contributed by atoms with Crippen LogP contribution in [-0.4, -0.2) is 5.91 Å². The molecule has 1 N–H and O–H groups in total. The lowest BCUT2D eigenvalue weighted by molar-refractivity contribution is -0.111. The fourth-order valence-electron chi connectivity index (χ4n) is 1.77. The van der Waals surface area contributed by atoms with E-state index >= 15 is 0 Å². The van der Waals surface area contributed by atoms with Gasteiger partial charge in [-0.25, -0.2) is 8.78 Å². The number of benzene rings is 2. The molecule has 2 aromatic carbocycles. The van der Waals surface area contributed by atoms with Crippen LogP contribution in [0.3, 0.4) is 0 Å². The third-order valence-corrected chi connectivity index (χ3v) is 3.18. The van der Waals surface area contributed by atoms with Crippen LogP contribution >= 0.6 is 11.6 Å². The highest BCUT2D eigenvalue weighted by Crippen LogP contribution is 2.20. The van der Waals surface area contributed by atoms with E-state index in [4.69, 9.17) is 11.6 Å². The maximum absolute atomic E-state index is 13.5. The molecule has 2 nitrogen and oxygen atoms in total. The number of hydrogen-bond acceptors (Lipinski definition) is 1. The Morgan fingerprint density at radius 3 is 2.67 bits per heavy atom. The van der Waals surface area contributed by atoms with Crippen molar-refractivity contribution >= 4 is 29.3 Å². The van der Waals surface area contributed by atoms with Gasteiger partial charge in [-0.3, -0.25) is 4.79 Å². The molecule has 0 radical (unpaired) electrons. The number of aryl methyl sites for hydroxylation is 1. The molecule has 0 aliphatic carbocycles. The molecule has 0 saturated heterocycles. The van der Waals surface area contributed by atoms with Crippen molar-refractivity contribution < 1.29 is 13.6 Å². The molecular weight excluding hydrogens is 296 g/mol. The van der Waals surface area contributed by atoms with E-state index in [-0.39, 0.29) is 16.4 Å². The van der Waals surface area contributed by atoms with Crippen LogP contribution < -0.4 is 5.32 Å². The molecule has 0 fully saturated rings. The molecule has 0 unspecified atom stereocenters. The van der Waals surface area contributed by atoms with Crippen molar-refractivity contribution in [3.8, 4) is 0 Å². The van der Waals surface area contributed by atoms with Gasteiger partial charge < -0.3 is 5.32 Å². The maximum Gasteiger partial charge on any atom is 0.248 e. The molecule has 108 valence electrons. The van der Waals surface area contributed by atoms with E-state index in [0.29, 0.717) is 11.3 Å². The van der Waals surface area contributed by atoms with Gasteiger partial charge >= 0.3 is 0 Å². The first-order valence-corrected chi connectivity index (χ1v) is 6.54. The summed E-state index contributed by atoms with van der Waals surface area (Å²) in [6, 6.07) is 8.30. The molecule has 0 bridgehead atoms. The highest BCUT2D eigenvalue weighted by Gasteiger charge is 2.05. The quantitative estimate of drug-likeness (QED) is 0.826. The van der Waals surface area contributed by atoms with Crippen molar-refractivity contribution in [2.24, 2.45) is 0 Å². The van der Waals surface area contributed by atoms with Gasteiger partial charge in [-0.1, -0.05) is 17.7 Å². The van der Waals surface area contributed by atoms with Crippen LogP contribution in [0.15, 0.2) is 42.5 Å². The zero-order chi connectivity index (χ0) is 15.4. The Morgan fingerprint density at radius 2 is 2.00 bits per heavy atom. The van der Waals surface area contributed by atoms with Crippen molar-refractivity contribution in [2.75, 3.05) is 5.32 Å². The number of hydrogen-bond donors (Lipinski definition) is 1. The fourth-order valence-corrected chi connectivity index (χ4v) is 2.00. The highest BCUT2D eigenvalue weighted by atomic mass is 35.5. The number of halogens is 3. The number of anilines is 1. The first-order chi connectivity index (χ1) is 9.97. The standard InChI is InChI=1S/C16H12ClF2NO/c1-10-9-11(18)5-7-15(10)20-16(21)8-6-12-13(17)3-2-4-14(12)19/h2-9H,1H3,(H,20,21)/b8-6+. The summed E-state index contributed by atoms with van der Waals surface area (Å²) in [7, 11) is 0. The zero-order valence-corrected chi connectivity index (χ0v) is 11.9. The summed E-state index contributed by atoms with van der Waals surface area (Å²) in [5.41, 5.74) is 1.23. The molecule has 2 rings (SSSR count). The Labute approximate surface area is 126 Å². The van der Waals surface area contributed by atoms with E-state index in [1.807, 2.05) is 0 Å². The number of nitrogens with one attached hydrogen (secondary N) is 1. The van der Waals surface area contributed by atoms with Crippen LogP contribution in [0.25, 0.3) is 6.08 Å². The Balaban J connectivity index is 2.13. The molecule has 0 aliphatic rings. The van der Waals surface area contributed by atoms with Gasteiger partial charge in [0, 0.05) is 17.3 Å². The first-order valence-electron chi connectivity index (χ1n) is 6.16. The average Bonchev–Trinajstić information content (AvgIpc) is 2.41. The second-order valence-corrected chi connectivity index (χ2v) is 4.82. The Hall–Kier alpha value is -2.20. The predicted octanol–water partition coefficient (Wildman–Crippen LogP) is 4.58. The lowest BCUT2D eigenvalue weighted by Crippen LogP contribution is -2.09. The topological polar surface area (TPSA) is 29.1 Å². The molecule has 0 saturated carbocycles. The summed E-state index contributed by atoms with van der Waals surface area (Å²) in [5.74, 6) is -1.34. The van der Waals surface area contributed by atoms with Gasteiger partial charge in [0.05, 0.1) is 5.02 Å². The van der Waals surface area contributed by atoms with E-state index in [1.165, 1.54) is 48.6 Å². The summed E-state index contributed by atoms with van der Waals surface area (Å²) < 4.78 is 26.5. The molecule has 0 spiro atoms. The molecule has 1 amide bonds. The zero-order valence-electron chi connectivity index (χ0n) is 11.2. The number of carbonyl (C=O) groups excluding carboxylic acids is 1. The van der Waals surface area contributed by atoms with E-state index in [1.54, 1.807) is 6.92 Å². The summed E-state index contributed by atoms with van der Waals surface area (Å²) in [6.07, 6.45) is 2.47. The molecular formula is C16H12ClF2NO. The SMILES string of the molecule is Cc1cc(F)ccc1NC(=O)/C=C/c1c(F)cccc1Cl. The minimum atomic E-state index is -0.510. The number of rotatable bonds is 3. The van der Waals surface area contributed by atoms with Crippen molar-refractivity contribution in [1.29, 1.82) is 0 Å². The Kier molecular flexibility index (Phi) is 4.70. The largest absolute Gasteiger partial charge is 0.322 e. The monoisotopic (exact) mass is 307 g/mol.